The SMILES string of the molecule is CCNCC.CNC.Cc1ccccc1C(c1ccccc1C)c1ccccc1Cl. The van der Waals surface area contributed by atoms with Gasteiger partial charge < -0.3 is 10.6 Å². The molecule has 3 heteroatoms. The van der Waals surface area contributed by atoms with Crippen molar-refractivity contribution in [2.75, 3.05) is 27.2 Å². The van der Waals surface area contributed by atoms with E-state index in [1.807, 2.05) is 26.2 Å². The Balaban J connectivity index is 0.000000485. The van der Waals surface area contributed by atoms with Crippen LogP contribution in [-0.2, 0) is 0 Å². The van der Waals surface area contributed by atoms with Crippen molar-refractivity contribution in [3.63, 3.8) is 0 Å². The third-order valence-corrected chi connectivity index (χ3v) is 5.06. The van der Waals surface area contributed by atoms with E-state index in [1.165, 1.54) is 22.3 Å². The van der Waals surface area contributed by atoms with Gasteiger partial charge in [-0.05, 0) is 74.9 Å². The minimum absolute atomic E-state index is 0.163. The number of nitrogens with one attached hydrogen (secondary N) is 2. The number of hydrogen-bond donors (Lipinski definition) is 2. The molecule has 0 heterocycles. The molecule has 0 saturated heterocycles. The molecule has 3 aromatic carbocycles. The molecular formula is C27H37ClN2. The number of hydrogen-bond acceptors (Lipinski definition) is 2. The maximum atomic E-state index is 6.52. The van der Waals surface area contributed by atoms with E-state index in [0.717, 1.165) is 23.7 Å². The molecule has 0 radical (unpaired) electrons. The van der Waals surface area contributed by atoms with Crippen molar-refractivity contribution in [3.05, 3.63) is 106 Å². The zero-order valence-electron chi connectivity index (χ0n) is 19.3. The zero-order valence-corrected chi connectivity index (χ0v) is 20.1. The number of benzene rings is 3. The van der Waals surface area contributed by atoms with E-state index in [4.69, 9.17) is 11.6 Å². The largest absolute Gasteiger partial charge is 0.323 e. The van der Waals surface area contributed by atoms with Crippen LogP contribution >= 0.6 is 11.6 Å². The van der Waals surface area contributed by atoms with Crippen LogP contribution < -0.4 is 10.6 Å². The summed E-state index contributed by atoms with van der Waals surface area (Å²) < 4.78 is 0. The summed E-state index contributed by atoms with van der Waals surface area (Å²) in [5.74, 6) is 0.163. The first-order valence-electron chi connectivity index (χ1n) is 10.7. The maximum Gasteiger partial charge on any atom is 0.0447 e. The molecule has 0 amide bonds. The Kier molecular flexibility index (Phi) is 12.8. The molecule has 0 fully saturated rings. The quantitative estimate of drug-likeness (QED) is 0.451. The number of aryl methyl sites for hydroxylation is 2. The van der Waals surface area contributed by atoms with Gasteiger partial charge in [0.25, 0.3) is 0 Å². The summed E-state index contributed by atoms with van der Waals surface area (Å²) in [5, 5.41) is 6.68. The Morgan fingerprint density at radius 3 is 1.37 bits per heavy atom. The fourth-order valence-corrected chi connectivity index (χ4v) is 3.53. The van der Waals surface area contributed by atoms with Crippen molar-refractivity contribution < 1.29 is 0 Å². The molecule has 30 heavy (non-hydrogen) atoms. The number of rotatable bonds is 5. The Morgan fingerprint density at radius 2 is 1.03 bits per heavy atom. The molecule has 2 N–H and O–H groups in total. The molecule has 0 atom stereocenters. The summed E-state index contributed by atoms with van der Waals surface area (Å²) in [6.45, 7) is 10.7. The van der Waals surface area contributed by atoms with Crippen LogP contribution in [-0.4, -0.2) is 27.2 Å². The predicted molar refractivity (Wildman–Crippen MR) is 134 cm³/mol. The summed E-state index contributed by atoms with van der Waals surface area (Å²) in [6.07, 6.45) is 0. The first-order valence-corrected chi connectivity index (χ1v) is 11.0. The molecule has 0 spiro atoms. The highest BCUT2D eigenvalue weighted by Gasteiger charge is 2.21. The normalized spacial score (nSPS) is 10.0. The average Bonchev–Trinajstić information content (AvgIpc) is 2.74. The second kappa shape index (κ2) is 14.8. The monoisotopic (exact) mass is 424 g/mol. The van der Waals surface area contributed by atoms with Gasteiger partial charge in [0.2, 0.25) is 0 Å². The van der Waals surface area contributed by atoms with E-state index in [0.29, 0.717) is 0 Å². The molecule has 3 aromatic rings. The molecule has 2 nitrogen and oxygen atoms in total. The van der Waals surface area contributed by atoms with Gasteiger partial charge in [0.05, 0.1) is 0 Å². The second-order valence-corrected chi connectivity index (χ2v) is 7.53. The molecule has 3 rings (SSSR count). The van der Waals surface area contributed by atoms with Crippen molar-refractivity contribution in [1.82, 2.24) is 10.6 Å². The van der Waals surface area contributed by atoms with Crippen LogP contribution in [0.4, 0.5) is 0 Å². The third-order valence-electron chi connectivity index (χ3n) is 4.72. The lowest BCUT2D eigenvalue weighted by Crippen LogP contribution is -2.09. The summed E-state index contributed by atoms with van der Waals surface area (Å²) in [4.78, 5) is 0. The highest BCUT2D eigenvalue weighted by Crippen LogP contribution is 2.38. The maximum absolute atomic E-state index is 6.52. The fourth-order valence-electron chi connectivity index (χ4n) is 3.28. The summed E-state index contributed by atoms with van der Waals surface area (Å²) in [7, 11) is 3.75. The van der Waals surface area contributed by atoms with E-state index in [-0.39, 0.29) is 5.92 Å². The predicted octanol–water partition coefficient (Wildman–Crippen LogP) is 6.59. The van der Waals surface area contributed by atoms with Gasteiger partial charge in [-0.3, -0.25) is 0 Å². The Labute approximate surface area is 188 Å². The van der Waals surface area contributed by atoms with Crippen LogP contribution in [0.5, 0.6) is 0 Å². The molecule has 0 unspecified atom stereocenters. The van der Waals surface area contributed by atoms with Gasteiger partial charge in [0, 0.05) is 10.9 Å². The first kappa shape index (κ1) is 25.9. The molecule has 0 aliphatic carbocycles. The van der Waals surface area contributed by atoms with E-state index in [9.17, 15) is 0 Å². The second-order valence-electron chi connectivity index (χ2n) is 7.12. The summed E-state index contributed by atoms with van der Waals surface area (Å²) >= 11 is 6.52. The minimum Gasteiger partial charge on any atom is -0.323 e. The fraction of sp³-hybridized carbons (Fsp3) is 0.333. The Hall–Kier alpha value is -2.13. The van der Waals surface area contributed by atoms with Gasteiger partial charge in [-0.15, -0.1) is 0 Å². The van der Waals surface area contributed by atoms with E-state index in [2.05, 4.69) is 99.0 Å². The molecule has 0 aliphatic heterocycles. The lowest BCUT2D eigenvalue weighted by atomic mass is 9.81. The van der Waals surface area contributed by atoms with Crippen LogP contribution in [0.1, 0.15) is 47.6 Å². The third kappa shape index (κ3) is 7.95. The van der Waals surface area contributed by atoms with Crippen molar-refractivity contribution >= 4 is 11.6 Å². The Morgan fingerprint density at radius 1 is 0.667 bits per heavy atom. The van der Waals surface area contributed by atoms with Crippen LogP contribution in [0.3, 0.4) is 0 Å². The van der Waals surface area contributed by atoms with Crippen LogP contribution in [0.25, 0.3) is 0 Å². The topological polar surface area (TPSA) is 24.1 Å². The van der Waals surface area contributed by atoms with Gasteiger partial charge in [0.15, 0.2) is 0 Å². The molecule has 0 aliphatic rings. The highest BCUT2D eigenvalue weighted by molar-refractivity contribution is 6.31. The first-order chi connectivity index (χ1) is 14.5. The summed E-state index contributed by atoms with van der Waals surface area (Å²) in [5.41, 5.74) is 6.36. The molecule has 162 valence electrons. The minimum atomic E-state index is 0.163. The van der Waals surface area contributed by atoms with Crippen molar-refractivity contribution in [1.29, 1.82) is 0 Å². The molecule has 0 aromatic heterocycles. The zero-order chi connectivity index (χ0) is 22.4. The summed E-state index contributed by atoms with van der Waals surface area (Å²) in [6, 6.07) is 25.3. The smallest absolute Gasteiger partial charge is 0.0447 e. The van der Waals surface area contributed by atoms with E-state index < -0.39 is 0 Å². The average molecular weight is 425 g/mol. The number of halogens is 1. The van der Waals surface area contributed by atoms with Gasteiger partial charge in [-0.25, -0.2) is 0 Å². The molecule has 0 bridgehead atoms. The van der Waals surface area contributed by atoms with E-state index in [1.54, 1.807) is 0 Å². The molecule has 0 saturated carbocycles. The van der Waals surface area contributed by atoms with Crippen molar-refractivity contribution in [2.24, 2.45) is 0 Å². The van der Waals surface area contributed by atoms with Gasteiger partial charge in [-0.2, -0.15) is 0 Å². The lowest BCUT2D eigenvalue weighted by molar-refractivity contribution is 0.762. The van der Waals surface area contributed by atoms with Gasteiger partial charge in [-0.1, -0.05) is 92.2 Å². The molecular weight excluding hydrogens is 388 g/mol. The van der Waals surface area contributed by atoms with Crippen molar-refractivity contribution in [3.8, 4) is 0 Å². The standard InChI is InChI=1S/C21H19Cl.C4H11N.C2H7N/c1-15-9-3-5-11-17(15)21(18-12-6-4-10-16(18)2)19-13-7-8-14-20(19)22;1-3-5-4-2;1-3-2/h3-14,21H,1-2H3;5H,3-4H2,1-2H3;3H,1-2H3. The van der Waals surface area contributed by atoms with Gasteiger partial charge in [0.1, 0.15) is 0 Å². The van der Waals surface area contributed by atoms with Crippen LogP contribution in [0.15, 0.2) is 72.8 Å². The Bertz CT molecular complexity index is 751. The van der Waals surface area contributed by atoms with Crippen LogP contribution in [0, 0.1) is 13.8 Å². The lowest BCUT2D eigenvalue weighted by Gasteiger charge is -2.23. The van der Waals surface area contributed by atoms with E-state index >= 15 is 0 Å². The highest BCUT2D eigenvalue weighted by atomic mass is 35.5. The van der Waals surface area contributed by atoms with Crippen molar-refractivity contribution in [2.45, 2.75) is 33.6 Å². The van der Waals surface area contributed by atoms with Crippen LogP contribution in [0.2, 0.25) is 5.02 Å². The van der Waals surface area contributed by atoms with Gasteiger partial charge >= 0.3 is 0 Å².